The Hall–Kier alpha value is -1.53. The van der Waals surface area contributed by atoms with Gasteiger partial charge in [-0.3, -0.25) is 14.3 Å². The molecule has 0 aliphatic carbocycles. The van der Waals surface area contributed by atoms with E-state index >= 15 is 0 Å². The monoisotopic (exact) mass is 344 g/mol. The van der Waals surface area contributed by atoms with Crippen LogP contribution in [0.3, 0.4) is 0 Å². The predicted octanol–water partition coefficient (Wildman–Crippen LogP) is -0.384. The number of hydrogen-bond acceptors (Lipinski definition) is 7. The molecule has 0 saturated carbocycles. The van der Waals surface area contributed by atoms with Crippen LogP contribution in [-0.2, 0) is 19.3 Å². The van der Waals surface area contributed by atoms with Crippen LogP contribution in [0.2, 0.25) is 0 Å². The molecule has 1 aliphatic heterocycles. The first-order chi connectivity index (χ1) is 11.1. The molecule has 1 fully saturated rings. The van der Waals surface area contributed by atoms with Crippen molar-refractivity contribution in [1.82, 2.24) is 9.55 Å². The fourth-order valence-electron chi connectivity index (χ4n) is 2.13. The molecule has 1 aliphatic rings. The molecule has 2 rings (SSSR count). The summed E-state index contributed by atoms with van der Waals surface area (Å²) in [6.45, 7) is 1.76. The molecule has 1 aromatic rings. The van der Waals surface area contributed by atoms with Crippen molar-refractivity contribution < 1.29 is 24.4 Å². The molecule has 0 spiro atoms. The van der Waals surface area contributed by atoms with Crippen LogP contribution >= 0.6 is 9.47 Å². The summed E-state index contributed by atoms with van der Waals surface area (Å²) in [5.74, 6) is 5.45. The molecule has 0 radical (unpaired) electrons. The number of nitrogens with one attached hydrogen (secondary N) is 1. The average Bonchev–Trinajstić information content (AvgIpc) is 2.88. The molecule has 126 valence electrons. The quantitative estimate of drug-likeness (QED) is 0.246. The van der Waals surface area contributed by atoms with Crippen molar-refractivity contribution in [3.05, 3.63) is 32.6 Å². The number of aliphatic hydroxyl groups excluding tert-OH is 1. The number of rotatable bonds is 5. The first-order valence-corrected chi connectivity index (χ1v) is 7.36. The van der Waals surface area contributed by atoms with Gasteiger partial charge in [0.2, 0.25) is 0 Å². The van der Waals surface area contributed by atoms with Crippen LogP contribution in [-0.4, -0.2) is 33.5 Å². The van der Waals surface area contributed by atoms with Crippen LogP contribution < -0.4 is 11.2 Å². The molecule has 0 amide bonds. The summed E-state index contributed by atoms with van der Waals surface area (Å²) in [6, 6.07) is 0. The van der Waals surface area contributed by atoms with Crippen LogP contribution in [0.25, 0.3) is 0 Å². The molecule has 0 bridgehead atoms. The van der Waals surface area contributed by atoms with Crippen molar-refractivity contribution in [3.8, 4) is 11.8 Å². The van der Waals surface area contributed by atoms with E-state index in [1.54, 1.807) is 0 Å². The lowest BCUT2D eigenvalue weighted by molar-refractivity contribution is -0.466. The number of aromatic amines is 1. The lowest BCUT2D eigenvalue weighted by Crippen LogP contribution is -2.33. The zero-order chi connectivity index (χ0) is 16.8. The van der Waals surface area contributed by atoms with Gasteiger partial charge in [0.05, 0.1) is 6.10 Å². The number of ether oxygens (including phenoxy) is 1. The first kappa shape index (κ1) is 17.8. The molecule has 1 aromatic heterocycles. The van der Waals surface area contributed by atoms with E-state index in [0.717, 1.165) is 0 Å². The third-order valence-electron chi connectivity index (χ3n) is 3.20. The smallest absolute Gasteiger partial charge is 0.330 e. The van der Waals surface area contributed by atoms with E-state index in [9.17, 15) is 14.7 Å². The fourth-order valence-corrected chi connectivity index (χ4v) is 2.19. The Kier molecular flexibility index (Phi) is 6.47. The lowest BCUT2D eigenvalue weighted by Gasteiger charge is -2.15. The highest BCUT2D eigenvalue weighted by Gasteiger charge is 2.36. The van der Waals surface area contributed by atoms with Gasteiger partial charge in [-0.25, -0.2) is 9.68 Å². The summed E-state index contributed by atoms with van der Waals surface area (Å²) in [4.78, 5) is 30.5. The zero-order valence-corrected chi connectivity index (χ0v) is 13.5. The normalized spacial score (nSPS) is 23.5. The number of nitrogens with zero attached hydrogens (tertiary/aromatic N) is 1. The summed E-state index contributed by atoms with van der Waals surface area (Å²) < 4.78 is 10.9. The summed E-state index contributed by atoms with van der Waals surface area (Å²) >= 11 is 0. The van der Waals surface area contributed by atoms with Gasteiger partial charge >= 0.3 is 5.69 Å². The van der Waals surface area contributed by atoms with Gasteiger partial charge in [0, 0.05) is 28.5 Å². The van der Waals surface area contributed by atoms with Crippen molar-refractivity contribution in [2.75, 3.05) is 6.61 Å². The molecule has 23 heavy (non-hydrogen) atoms. The van der Waals surface area contributed by atoms with Crippen LogP contribution in [0.15, 0.2) is 15.8 Å². The lowest BCUT2D eigenvalue weighted by atomic mass is 10.2. The van der Waals surface area contributed by atoms with Gasteiger partial charge in [-0.2, -0.15) is 4.67 Å². The van der Waals surface area contributed by atoms with Gasteiger partial charge in [0.1, 0.15) is 24.5 Å². The second-order valence-corrected chi connectivity index (χ2v) is 4.94. The van der Waals surface area contributed by atoms with E-state index < -0.39 is 29.7 Å². The van der Waals surface area contributed by atoms with Crippen molar-refractivity contribution in [3.63, 3.8) is 0 Å². The Morgan fingerprint density at radius 2 is 2.35 bits per heavy atom. The molecule has 0 aromatic carbocycles. The molecule has 10 heteroatoms. The number of hydrogen-bond donors (Lipinski definition) is 2. The van der Waals surface area contributed by atoms with E-state index in [-0.39, 0.29) is 18.6 Å². The Labute approximate surface area is 133 Å². The second-order valence-electron chi connectivity index (χ2n) is 4.75. The molecule has 2 heterocycles. The fraction of sp³-hybridized carbons (Fsp3) is 0.538. The molecular weight excluding hydrogens is 327 g/mol. The van der Waals surface area contributed by atoms with Crippen molar-refractivity contribution in [2.24, 2.45) is 0 Å². The van der Waals surface area contributed by atoms with Crippen LogP contribution in [0.5, 0.6) is 0 Å². The maximum absolute atomic E-state index is 11.9. The Balaban J connectivity index is 2.19. The zero-order valence-electron chi connectivity index (χ0n) is 12.4. The van der Waals surface area contributed by atoms with Gasteiger partial charge in [0.15, 0.2) is 0 Å². The topological polar surface area (TPSA) is 112 Å². The first-order valence-electron chi connectivity index (χ1n) is 6.89. The molecular formula is C13H17N2O7P. The van der Waals surface area contributed by atoms with Crippen molar-refractivity contribution >= 4 is 9.47 Å². The predicted molar refractivity (Wildman–Crippen MR) is 80.9 cm³/mol. The number of H-pyrrole nitrogens is 1. The van der Waals surface area contributed by atoms with Crippen LogP contribution in [0.4, 0.5) is 0 Å². The minimum absolute atomic E-state index is 0.0906. The van der Waals surface area contributed by atoms with E-state index in [2.05, 4.69) is 31.4 Å². The number of aromatic nitrogens is 2. The minimum atomic E-state index is -0.864. The Morgan fingerprint density at radius 1 is 1.57 bits per heavy atom. The minimum Gasteiger partial charge on any atom is -0.390 e. The van der Waals surface area contributed by atoms with Crippen LogP contribution in [0, 0.1) is 11.8 Å². The van der Waals surface area contributed by atoms with Gasteiger partial charge < -0.3 is 9.84 Å². The SMILES string of the molecule is CCC#Cc1cn(C2CC(O)C(COOOP)O2)c(=O)[nH]c1=O. The van der Waals surface area contributed by atoms with E-state index in [4.69, 9.17) is 4.74 Å². The van der Waals surface area contributed by atoms with Gasteiger partial charge in [-0.05, 0) is 0 Å². The second kappa shape index (κ2) is 8.36. The maximum atomic E-state index is 11.9. The third-order valence-corrected chi connectivity index (χ3v) is 3.28. The van der Waals surface area contributed by atoms with Gasteiger partial charge in [0.25, 0.3) is 5.56 Å². The van der Waals surface area contributed by atoms with Crippen molar-refractivity contribution in [2.45, 2.75) is 38.2 Å². The molecule has 4 unspecified atom stereocenters. The largest absolute Gasteiger partial charge is 0.390 e. The summed E-state index contributed by atoms with van der Waals surface area (Å²) in [7, 11) is 1.83. The summed E-state index contributed by atoms with van der Waals surface area (Å²) in [5, 5.41) is 14.2. The summed E-state index contributed by atoms with van der Waals surface area (Å²) in [5.41, 5.74) is -1.04. The highest BCUT2D eigenvalue weighted by atomic mass is 31.0. The number of aliphatic hydroxyl groups is 1. The molecule has 4 atom stereocenters. The third kappa shape index (κ3) is 4.48. The Morgan fingerprint density at radius 3 is 3.04 bits per heavy atom. The van der Waals surface area contributed by atoms with Crippen LogP contribution in [0.1, 0.15) is 31.6 Å². The van der Waals surface area contributed by atoms with E-state index in [1.807, 2.05) is 16.4 Å². The average molecular weight is 344 g/mol. The highest BCUT2D eigenvalue weighted by Crippen LogP contribution is 2.27. The van der Waals surface area contributed by atoms with E-state index in [1.165, 1.54) is 10.8 Å². The van der Waals surface area contributed by atoms with Gasteiger partial charge in [-0.1, -0.05) is 23.8 Å². The standard InChI is InChI=1S/C13H17N2O7P/c1-2-3-4-8-6-15(13(18)14-12(8)17)11-5-9(16)10(20-11)7-19-21-22-23/h6,9-11,16H,2,5,7,23H2,1H3,(H,14,17,18). The molecule has 9 nitrogen and oxygen atoms in total. The molecule has 1 saturated heterocycles. The summed E-state index contributed by atoms with van der Waals surface area (Å²) in [6.07, 6.45) is -0.257. The Bertz CT molecular complexity index is 705. The van der Waals surface area contributed by atoms with Crippen molar-refractivity contribution in [1.29, 1.82) is 0 Å². The highest BCUT2D eigenvalue weighted by molar-refractivity contribution is 7.09. The van der Waals surface area contributed by atoms with Gasteiger partial charge in [-0.15, -0.1) is 0 Å². The van der Waals surface area contributed by atoms with E-state index in [0.29, 0.717) is 6.42 Å². The molecule has 2 N–H and O–H groups in total. The maximum Gasteiger partial charge on any atom is 0.330 e.